The molecule has 1 saturated heterocycles. The van der Waals surface area contributed by atoms with Crippen LogP contribution in [0.1, 0.15) is 12.2 Å². The summed E-state index contributed by atoms with van der Waals surface area (Å²) < 4.78 is 11.2. The van der Waals surface area contributed by atoms with Crippen molar-refractivity contribution >= 4 is 0 Å². The van der Waals surface area contributed by atoms with E-state index in [1.165, 1.54) is 6.42 Å². The molecule has 2 aliphatic heterocycles. The Hall–Kier alpha value is -2.01. The number of ether oxygens (including phenoxy) is 2. The lowest BCUT2D eigenvalue weighted by molar-refractivity contribution is 0.171. The van der Waals surface area contributed by atoms with E-state index >= 15 is 0 Å². The van der Waals surface area contributed by atoms with Gasteiger partial charge in [0, 0.05) is 12.0 Å². The van der Waals surface area contributed by atoms with Crippen molar-refractivity contribution < 1.29 is 9.47 Å². The zero-order valence-corrected chi connectivity index (χ0v) is 11.9. The standard InChI is InChI=1S/C16H19N3O2/c1-2-14-15(21-6-5-20-14)8-12(1)13-10-18-16(19-13)7-11-3-4-17-9-11/h1-2,8,10-11,17H,3-7,9H2,(H,18,19). The van der Waals surface area contributed by atoms with Gasteiger partial charge in [0.1, 0.15) is 19.0 Å². The van der Waals surface area contributed by atoms with Gasteiger partial charge in [-0.25, -0.2) is 4.98 Å². The third kappa shape index (κ3) is 2.61. The summed E-state index contributed by atoms with van der Waals surface area (Å²) in [4.78, 5) is 7.94. The number of rotatable bonds is 3. The number of nitrogens with zero attached hydrogens (tertiary/aromatic N) is 1. The smallest absolute Gasteiger partial charge is 0.162 e. The van der Waals surface area contributed by atoms with Crippen molar-refractivity contribution in [2.45, 2.75) is 12.8 Å². The minimum atomic E-state index is 0.610. The Kier molecular flexibility index (Phi) is 3.27. The monoisotopic (exact) mass is 285 g/mol. The van der Waals surface area contributed by atoms with E-state index in [0.29, 0.717) is 19.1 Å². The summed E-state index contributed by atoms with van der Waals surface area (Å²) in [6.07, 6.45) is 4.15. The van der Waals surface area contributed by atoms with E-state index in [1.807, 2.05) is 24.4 Å². The summed E-state index contributed by atoms with van der Waals surface area (Å²) in [6.45, 7) is 3.45. The number of hydrogen-bond donors (Lipinski definition) is 2. The molecule has 2 N–H and O–H groups in total. The molecule has 1 fully saturated rings. The molecule has 1 atom stereocenters. The normalized spacial score (nSPS) is 20.7. The van der Waals surface area contributed by atoms with E-state index in [-0.39, 0.29) is 0 Å². The van der Waals surface area contributed by atoms with Gasteiger partial charge in [0.15, 0.2) is 11.5 Å². The third-order valence-corrected chi connectivity index (χ3v) is 4.13. The average molecular weight is 285 g/mol. The van der Waals surface area contributed by atoms with Gasteiger partial charge in [-0.05, 0) is 43.6 Å². The van der Waals surface area contributed by atoms with Crippen LogP contribution in [-0.2, 0) is 6.42 Å². The predicted molar refractivity (Wildman–Crippen MR) is 79.7 cm³/mol. The molecule has 2 aromatic rings. The summed E-state index contributed by atoms with van der Waals surface area (Å²) in [5.74, 6) is 3.40. The number of imidazole rings is 1. The molecule has 4 rings (SSSR count). The van der Waals surface area contributed by atoms with Crippen LogP contribution in [-0.4, -0.2) is 36.3 Å². The molecular weight excluding hydrogens is 266 g/mol. The van der Waals surface area contributed by atoms with Crippen molar-refractivity contribution in [3.05, 3.63) is 30.2 Å². The molecule has 0 radical (unpaired) electrons. The number of aromatic nitrogens is 2. The van der Waals surface area contributed by atoms with Gasteiger partial charge in [-0.15, -0.1) is 0 Å². The number of H-pyrrole nitrogens is 1. The number of aromatic amines is 1. The van der Waals surface area contributed by atoms with E-state index in [4.69, 9.17) is 9.47 Å². The van der Waals surface area contributed by atoms with Crippen molar-refractivity contribution in [3.63, 3.8) is 0 Å². The molecule has 3 heterocycles. The van der Waals surface area contributed by atoms with Crippen LogP contribution >= 0.6 is 0 Å². The molecule has 21 heavy (non-hydrogen) atoms. The van der Waals surface area contributed by atoms with Crippen LogP contribution in [0.4, 0.5) is 0 Å². The highest BCUT2D eigenvalue weighted by atomic mass is 16.6. The summed E-state index contributed by atoms with van der Waals surface area (Å²) in [5, 5.41) is 3.39. The fourth-order valence-electron chi connectivity index (χ4n) is 2.99. The Bertz CT molecular complexity index is 632. The maximum Gasteiger partial charge on any atom is 0.162 e. The summed E-state index contributed by atoms with van der Waals surface area (Å²) >= 11 is 0. The number of nitrogens with one attached hydrogen (secondary N) is 2. The molecule has 0 spiro atoms. The lowest BCUT2D eigenvalue weighted by Gasteiger charge is -2.18. The summed E-state index contributed by atoms with van der Waals surface area (Å²) in [6, 6.07) is 6.02. The largest absolute Gasteiger partial charge is 0.486 e. The van der Waals surface area contributed by atoms with E-state index in [1.54, 1.807) is 0 Å². The third-order valence-electron chi connectivity index (χ3n) is 4.13. The average Bonchev–Trinajstić information content (AvgIpc) is 3.19. The van der Waals surface area contributed by atoms with E-state index in [2.05, 4.69) is 15.3 Å². The van der Waals surface area contributed by atoms with E-state index < -0.39 is 0 Å². The highest BCUT2D eigenvalue weighted by Gasteiger charge is 2.17. The topological polar surface area (TPSA) is 59.2 Å². The molecule has 110 valence electrons. The molecule has 2 aliphatic rings. The zero-order chi connectivity index (χ0) is 14.1. The molecular formula is C16H19N3O2. The first kappa shape index (κ1) is 12.7. The van der Waals surface area contributed by atoms with Crippen molar-refractivity contribution in [2.24, 2.45) is 5.92 Å². The Labute approximate surface area is 123 Å². The second-order valence-corrected chi connectivity index (χ2v) is 5.66. The molecule has 0 bridgehead atoms. The van der Waals surface area contributed by atoms with E-state index in [0.717, 1.165) is 48.1 Å². The molecule has 5 nitrogen and oxygen atoms in total. The highest BCUT2D eigenvalue weighted by Crippen LogP contribution is 2.34. The van der Waals surface area contributed by atoms with Gasteiger partial charge in [0.2, 0.25) is 0 Å². The first-order valence-electron chi connectivity index (χ1n) is 7.53. The van der Waals surface area contributed by atoms with Crippen LogP contribution in [0, 0.1) is 5.92 Å². The van der Waals surface area contributed by atoms with Crippen LogP contribution in [0.25, 0.3) is 11.3 Å². The first-order valence-corrected chi connectivity index (χ1v) is 7.53. The Morgan fingerprint density at radius 2 is 2.10 bits per heavy atom. The van der Waals surface area contributed by atoms with Crippen molar-refractivity contribution in [1.29, 1.82) is 0 Å². The van der Waals surface area contributed by atoms with Crippen LogP contribution in [0.15, 0.2) is 24.4 Å². The SMILES string of the molecule is c1cc2c(cc1-c1cnc(CC3CCNC3)[nH]1)OCCO2. The molecule has 0 saturated carbocycles. The van der Waals surface area contributed by atoms with Gasteiger partial charge in [0.05, 0.1) is 11.9 Å². The molecule has 1 aromatic carbocycles. The molecule has 1 unspecified atom stereocenters. The van der Waals surface area contributed by atoms with E-state index in [9.17, 15) is 0 Å². The molecule has 0 amide bonds. The van der Waals surface area contributed by atoms with Gasteiger partial charge in [-0.3, -0.25) is 0 Å². The van der Waals surface area contributed by atoms with Gasteiger partial charge in [-0.2, -0.15) is 0 Å². The Morgan fingerprint density at radius 1 is 1.19 bits per heavy atom. The number of hydrogen-bond acceptors (Lipinski definition) is 4. The van der Waals surface area contributed by atoms with Gasteiger partial charge in [0.25, 0.3) is 0 Å². The van der Waals surface area contributed by atoms with Crippen molar-refractivity contribution in [1.82, 2.24) is 15.3 Å². The lowest BCUT2D eigenvalue weighted by Crippen LogP contribution is -2.15. The van der Waals surface area contributed by atoms with Crippen LogP contribution < -0.4 is 14.8 Å². The van der Waals surface area contributed by atoms with Gasteiger partial charge < -0.3 is 19.8 Å². The summed E-state index contributed by atoms with van der Waals surface area (Å²) in [7, 11) is 0. The predicted octanol–water partition coefficient (Wildman–Crippen LogP) is 2.00. The van der Waals surface area contributed by atoms with Crippen molar-refractivity contribution in [3.8, 4) is 22.8 Å². The number of fused-ring (bicyclic) bond motifs is 1. The van der Waals surface area contributed by atoms with Crippen LogP contribution in [0.2, 0.25) is 0 Å². The Balaban J connectivity index is 1.54. The molecule has 1 aromatic heterocycles. The minimum absolute atomic E-state index is 0.610. The Morgan fingerprint density at radius 3 is 2.95 bits per heavy atom. The fourth-order valence-corrected chi connectivity index (χ4v) is 2.99. The van der Waals surface area contributed by atoms with Gasteiger partial charge in [-0.1, -0.05) is 0 Å². The first-order chi connectivity index (χ1) is 10.4. The summed E-state index contributed by atoms with van der Waals surface area (Å²) in [5.41, 5.74) is 2.12. The van der Waals surface area contributed by atoms with Gasteiger partial charge >= 0.3 is 0 Å². The molecule has 5 heteroatoms. The second-order valence-electron chi connectivity index (χ2n) is 5.66. The maximum atomic E-state index is 5.63. The quantitative estimate of drug-likeness (QED) is 0.905. The number of benzene rings is 1. The zero-order valence-electron chi connectivity index (χ0n) is 11.9. The molecule has 0 aliphatic carbocycles. The van der Waals surface area contributed by atoms with Crippen LogP contribution in [0.5, 0.6) is 11.5 Å². The maximum absolute atomic E-state index is 5.63. The highest BCUT2D eigenvalue weighted by molar-refractivity contribution is 5.63. The second kappa shape index (κ2) is 5.41. The minimum Gasteiger partial charge on any atom is -0.486 e. The van der Waals surface area contributed by atoms with Crippen LogP contribution in [0.3, 0.4) is 0 Å². The lowest BCUT2D eigenvalue weighted by atomic mass is 10.1. The van der Waals surface area contributed by atoms with Crippen molar-refractivity contribution in [2.75, 3.05) is 26.3 Å². The fraction of sp³-hybridized carbons (Fsp3) is 0.438.